The molecule has 0 radical (unpaired) electrons. The maximum atomic E-state index is 12.7. The summed E-state index contributed by atoms with van der Waals surface area (Å²) < 4.78 is 30.7. The number of benzene rings is 2. The van der Waals surface area contributed by atoms with E-state index in [2.05, 4.69) is 25.9 Å². The Morgan fingerprint density at radius 2 is 1.84 bits per heavy atom. The summed E-state index contributed by atoms with van der Waals surface area (Å²) in [6, 6.07) is 11.3. The van der Waals surface area contributed by atoms with Gasteiger partial charge in [0.25, 0.3) is 0 Å². The molecule has 2 amide bonds. The summed E-state index contributed by atoms with van der Waals surface area (Å²) in [5, 5.41) is 8.74. The Balaban J connectivity index is 1.45. The average Bonchev–Trinajstić information content (AvgIpc) is 3.36. The second-order valence-electron chi connectivity index (χ2n) is 8.21. The molecular weight excluding hydrogens is 430 g/mol. The van der Waals surface area contributed by atoms with Gasteiger partial charge in [0.15, 0.2) is 0 Å². The number of H-pyrrole nitrogens is 1. The minimum Gasteiger partial charge on any atom is -0.382 e. The monoisotopic (exact) mass is 457 g/mol. The highest BCUT2D eigenvalue weighted by Gasteiger charge is 2.19. The Morgan fingerprint density at radius 3 is 2.53 bits per heavy atom. The van der Waals surface area contributed by atoms with Gasteiger partial charge in [-0.15, -0.1) is 0 Å². The Bertz CT molecular complexity index is 1200. The average molecular weight is 458 g/mol. The molecule has 1 fully saturated rings. The summed E-state index contributed by atoms with van der Waals surface area (Å²) in [6.07, 6.45) is 4.72. The summed E-state index contributed by atoms with van der Waals surface area (Å²) in [6.45, 7) is 3.70. The van der Waals surface area contributed by atoms with E-state index in [1.807, 2.05) is 13.8 Å². The van der Waals surface area contributed by atoms with Crippen LogP contribution in [-0.4, -0.2) is 36.5 Å². The first-order chi connectivity index (χ1) is 15.3. The van der Waals surface area contributed by atoms with Crippen molar-refractivity contribution in [2.75, 3.05) is 10.6 Å². The molecule has 0 atom stereocenters. The number of nitrogens with one attached hydrogen (secondary N) is 4. The zero-order valence-corrected chi connectivity index (χ0v) is 18.8. The topological polar surface area (TPSA) is 125 Å². The summed E-state index contributed by atoms with van der Waals surface area (Å²) in [7, 11) is -3.99. The van der Waals surface area contributed by atoms with Crippen LogP contribution in [0.25, 0.3) is 11.0 Å². The van der Waals surface area contributed by atoms with E-state index in [9.17, 15) is 13.2 Å². The van der Waals surface area contributed by atoms with Gasteiger partial charge in [0.05, 0.1) is 11.0 Å². The van der Waals surface area contributed by atoms with Gasteiger partial charge in [0, 0.05) is 23.8 Å². The van der Waals surface area contributed by atoms with Crippen molar-refractivity contribution in [3.05, 3.63) is 42.5 Å². The van der Waals surface area contributed by atoms with E-state index >= 15 is 0 Å². The predicted molar refractivity (Wildman–Crippen MR) is 124 cm³/mol. The molecule has 0 bridgehead atoms. The summed E-state index contributed by atoms with van der Waals surface area (Å²) in [4.78, 5) is 19.1. The molecule has 1 aromatic heterocycles. The van der Waals surface area contributed by atoms with Gasteiger partial charge in [0.1, 0.15) is 10.6 Å². The Labute approximate surface area is 187 Å². The van der Waals surface area contributed by atoms with Crippen LogP contribution in [-0.2, 0) is 10.1 Å². The van der Waals surface area contributed by atoms with Crippen molar-refractivity contribution < 1.29 is 17.4 Å². The molecule has 1 saturated carbocycles. The molecule has 170 valence electrons. The molecule has 0 unspecified atom stereocenters. The number of anilines is 2. The first-order valence-electron chi connectivity index (χ1n) is 10.7. The number of amides is 2. The quantitative estimate of drug-likeness (QED) is 0.394. The Hall–Kier alpha value is -3.27. The Morgan fingerprint density at radius 1 is 1.12 bits per heavy atom. The lowest BCUT2D eigenvalue weighted by Gasteiger charge is -2.14. The number of hydrogen-bond donors (Lipinski definition) is 4. The first kappa shape index (κ1) is 21.9. The van der Waals surface area contributed by atoms with Gasteiger partial charge in [-0.05, 0) is 63.1 Å². The number of carbonyl (C=O) groups is 1. The van der Waals surface area contributed by atoms with E-state index in [0.29, 0.717) is 17.1 Å². The molecule has 0 spiro atoms. The number of fused-ring (bicyclic) bond motifs is 1. The van der Waals surface area contributed by atoms with Crippen LogP contribution in [0.1, 0.15) is 39.5 Å². The third-order valence-electron chi connectivity index (χ3n) is 5.18. The van der Waals surface area contributed by atoms with Gasteiger partial charge < -0.3 is 19.8 Å². The maximum Gasteiger partial charge on any atom is 0.339 e. The second kappa shape index (κ2) is 9.07. The van der Waals surface area contributed by atoms with Crippen molar-refractivity contribution in [2.24, 2.45) is 0 Å². The standard InChI is InChI=1S/C22H27N5O4S/c1-14(2)23-22(28)27-21-25-19-12-9-17(13-20(19)26-21)31-32(29,30)18-10-7-16(8-11-18)24-15-5-3-4-6-15/h7-15,24H,3-6H2,1-2H3,(H3,23,25,26,27,28). The zero-order valence-electron chi connectivity index (χ0n) is 18.0. The van der Waals surface area contributed by atoms with Gasteiger partial charge in [0.2, 0.25) is 5.95 Å². The van der Waals surface area contributed by atoms with E-state index in [4.69, 9.17) is 4.18 Å². The number of urea groups is 1. The van der Waals surface area contributed by atoms with Crippen molar-refractivity contribution in [1.82, 2.24) is 15.3 Å². The smallest absolute Gasteiger partial charge is 0.339 e. The second-order valence-corrected chi connectivity index (χ2v) is 9.75. The first-order valence-corrected chi connectivity index (χ1v) is 12.1. The molecule has 32 heavy (non-hydrogen) atoms. The van der Waals surface area contributed by atoms with Crippen molar-refractivity contribution in [3.8, 4) is 5.75 Å². The molecule has 4 N–H and O–H groups in total. The lowest BCUT2D eigenvalue weighted by molar-refractivity contribution is 0.250. The zero-order chi connectivity index (χ0) is 22.7. The minimum atomic E-state index is -3.99. The highest BCUT2D eigenvalue weighted by Crippen LogP contribution is 2.26. The van der Waals surface area contributed by atoms with Crippen molar-refractivity contribution in [1.29, 1.82) is 0 Å². The lowest BCUT2D eigenvalue weighted by Crippen LogP contribution is -2.34. The minimum absolute atomic E-state index is 0.0165. The number of hydrogen-bond acceptors (Lipinski definition) is 6. The van der Waals surface area contributed by atoms with E-state index in [1.54, 1.807) is 18.2 Å². The van der Waals surface area contributed by atoms with E-state index in [1.165, 1.54) is 37.1 Å². The summed E-state index contributed by atoms with van der Waals surface area (Å²) >= 11 is 0. The van der Waals surface area contributed by atoms with Gasteiger partial charge in [-0.2, -0.15) is 8.42 Å². The number of rotatable bonds is 7. The van der Waals surface area contributed by atoms with Crippen LogP contribution in [0, 0.1) is 0 Å². The van der Waals surface area contributed by atoms with E-state index in [-0.39, 0.29) is 28.7 Å². The number of imidazole rings is 1. The van der Waals surface area contributed by atoms with Crippen molar-refractivity contribution >= 4 is 38.8 Å². The highest BCUT2D eigenvalue weighted by molar-refractivity contribution is 7.87. The molecule has 1 aliphatic carbocycles. The van der Waals surface area contributed by atoms with Crippen LogP contribution < -0.4 is 20.1 Å². The maximum absolute atomic E-state index is 12.7. The van der Waals surface area contributed by atoms with Crippen molar-refractivity contribution in [3.63, 3.8) is 0 Å². The van der Waals surface area contributed by atoms with E-state index < -0.39 is 10.1 Å². The van der Waals surface area contributed by atoms with Gasteiger partial charge in [-0.3, -0.25) is 5.32 Å². The largest absolute Gasteiger partial charge is 0.382 e. The predicted octanol–water partition coefficient (Wildman–Crippen LogP) is 4.22. The molecule has 0 aliphatic heterocycles. The number of carbonyl (C=O) groups excluding carboxylic acids is 1. The molecule has 9 nitrogen and oxygen atoms in total. The van der Waals surface area contributed by atoms with Gasteiger partial charge in [-0.1, -0.05) is 12.8 Å². The fourth-order valence-electron chi connectivity index (χ4n) is 3.70. The third-order valence-corrected chi connectivity index (χ3v) is 6.44. The number of aromatic nitrogens is 2. The summed E-state index contributed by atoms with van der Waals surface area (Å²) in [5.74, 6) is 0.399. The number of aromatic amines is 1. The molecule has 2 aromatic carbocycles. The van der Waals surface area contributed by atoms with Crippen LogP contribution in [0.5, 0.6) is 5.75 Å². The number of nitrogens with zero attached hydrogens (tertiary/aromatic N) is 1. The SMILES string of the molecule is CC(C)NC(=O)Nc1nc2ccc(OS(=O)(=O)c3ccc(NC4CCCC4)cc3)cc2[nH]1. The molecule has 1 heterocycles. The van der Waals surface area contributed by atoms with Crippen LogP contribution in [0.15, 0.2) is 47.4 Å². The molecular formula is C22H27N5O4S. The normalized spacial score (nSPS) is 14.6. The van der Waals surface area contributed by atoms with Crippen LogP contribution in [0.4, 0.5) is 16.4 Å². The fraction of sp³-hybridized carbons (Fsp3) is 0.364. The van der Waals surface area contributed by atoms with Crippen LogP contribution in [0.3, 0.4) is 0 Å². The molecule has 3 aromatic rings. The third kappa shape index (κ3) is 5.31. The van der Waals surface area contributed by atoms with Gasteiger partial charge >= 0.3 is 16.1 Å². The fourth-order valence-corrected chi connectivity index (χ4v) is 4.63. The lowest BCUT2D eigenvalue weighted by atomic mass is 10.2. The van der Waals surface area contributed by atoms with E-state index in [0.717, 1.165) is 18.5 Å². The molecule has 1 aliphatic rings. The highest BCUT2D eigenvalue weighted by atomic mass is 32.2. The molecule has 4 rings (SSSR count). The molecule has 0 saturated heterocycles. The van der Waals surface area contributed by atoms with Crippen LogP contribution >= 0.6 is 0 Å². The summed E-state index contributed by atoms with van der Waals surface area (Å²) in [5.41, 5.74) is 2.00. The van der Waals surface area contributed by atoms with Crippen LogP contribution in [0.2, 0.25) is 0 Å². The molecule has 10 heteroatoms. The Kier molecular flexibility index (Phi) is 6.22. The van der Waals surface area contributed by atoms with Gasteiger partial charge in [-0.25, -0.2) is 9.78 Å². The van der Waals surface area contributed by atoms with Crippen molar-refractivity contribution in [2.45, 2.75) is 56.5 Å².